The largest absolute Gasteiger partial charge is 0.302 e. The van der Waals surface area contributed by atoms with Crippen LogP contribution in [0.1, 0.15) is 43.7 Å². The number of anilines is 1. The first-order chi connectivity index (χ1) is 10.8. The second kappa shape index (κ2) is 6.91. The van der Waals surface area contributed by atoms with Crippen molar-refractivity contribution in [2.45, 2.75) is 33.1 Å². The van der Waals surface area contributed by atoms with E-state index in [1.807, 2.05) is 31.2 Å². The molecule has 23 heavy (non-hydrogen) atoms. The Balaban J connectivity index is 2.13. The molecule has 0 bridgehead atoms. The van der Waals surface area contributed by atoms with Crippen LogP contribution in [0.5, 0.6) is 0 Å². The van der Waals surface area contributed by atoms with Gasteiger partial charge in [-0.1, -0.05) is 39.0 Å². The molecule has 122 valence electrons. The topological polar surface area (TPSA) is 61.0 Å². The molecule has 5 nitrogen and oxygen atoms in total. The highest BCUT2D eigenvalue weighted by atomic mass is 32.1. The van der Waals surface area contributed by atoms with Gasteiger partial charge in [-0.05, 0) is 31.3 Å². The van der Waals surface area contributed by atoms with Crippen molar-refractivity contribution in [1.29, 1.82) is 0 Å². The van der Waals surface area contributed by atoms with Gasteiger partial charge in [-0.2, -0.15) is 5.10 Å². The minimum atomic E-state index is -0.222. The van der Waals surface area contributed by atoms with Crippen molar-refractivity contribution in [2.24, 2.45) is 0 Å². The molecule has 0 aliphatic carbocycles. The van der Waals surface area contributed by atoms with Crippen molar-refractivity contribution >= 4 is 29.1 Å². The number of H-pyrrole nitrogens is 1. The average molecular weight is 330 g/mol. The predicted octanol–water partition coefficient (Wildman–Crippen LogP) is 3.25. The molecular formula is C17H22N4OS. The van der Waals surface area contributed by atoms with Gasteiger partial charge in [-0.15, -0.1) is 0 Å². The summed E-state index contributed by atoms with van der Waals surface area (Å²) in [4.78, 5) is 14.0. The molecule has 0 saturated carbocycles. The molecule has 2 N–H and O–H groups in total. The third kappa shape index (κ3) is 4.16. The Bertz CT molecular complexity index is 688. The van der Waals surface area contributed by atoms with Crippen molar-refractivity contribution < 1.29 is 4.79 Å². The van der Waals surface area contributed by atoms with E-state index in [0.717, 1.165) is 5.69 Å². The summed E-state index contributed by atoms with van der Waals surface area (Å²) in [5, 5.41) is 10.5. The highest BCUT2D eigenvalue weighted by Crippen LogP contribution is 2.23. The Kier molecular flexibility index (Phi) is 5.15. The summed E-state index contributed by atoms with van der Waals surface area (Å²) >= 11 is 5.38. The highest BCUT2D eigenvalue weighted by Gasteiger charge is 2.21. The Morgan fingerprint density at radius 3 is 2.48 bits per heavy atom. The first kappa shape index (κ1) is 17.1. The molecule has 1 heterocycles. The maximum absolute atomic E-state index is 12.2. The maximum atomic E-state index is 12.2. The average Bonchev–Trinajstić information content (AvgIpc) is 2.98. The van der Waals surface area contributed by atoms with Gasteiger partial charge < -0.3 is 4.90 Å². The molecule has 0 aliphatic heterocycles. The first-order valence-electron chi connectivity index (χ1n) is 7.56. The van der Waals surface area contributed by atoms with Crippen LogP contribution in [0.2, 0.25) is 0 Å². The van der Waals surface area contributed by atoms with Crippen molar-refractivity contribution in [2.75, 3.05) is 11.4 Å². The number of benzene rings is 1. The molecule has 0 aliphatic rings. The Labute approximate surface area is 142 Å². The van der Waals surface area contributed by atoms with Gasteiger partial charge >= 0.3 is 0 Å². The molecule has 1 aromatic carbocycles. The molecule has 1 amide bonds. The summed E-state index contributed by atoms with van der Waals surface area (Å²) < 4.78 is 0. The quantitative estimate of drug-likeness (QED) is 0.848. The molecule has 0 atom stereocenters. The lowest BCUT2D eigenvalue weighted by molar-refractivity contribution is 0.0977. The van der Waals surface area contributed by atoms with Crippen molar-refractivity contribution in [3.05, 3.63) is 47.7 Å². The van der Waals surface area contributed by atoms with Crippen LogP contribution < -0.4 is 10.2 Å². The molecule has 0 spiro atoms. The number of rotatable bonds is 3. The van der Waals surface area contributed by atoms with Crippen LogP contribution in [0.3, 0.4) is 0 Å². The molecular weight excluding hydrogens is 308 g/mol. The minimum Gasteiger partial charge on any atom is -0.302 e. The Morgan fingerprint density at radius 1 is 1.30 bits per heavy atom. The van der Waals surface area contributed by atoms with Gasteiger partial charge in [-0.3, -0.25) is 15.2 Å². The maximum Gasteiger partial charge on any atom is 0.257 e. The third-order valence-corrected chi connectivity index (χ3v) is 3.79. The van der Waals surface area contributed by atoms with E-state index in [0.29, 0.717) is 23.0 Å². The van der Waals surface area contributed by atoms with E-state index in [1.54, 1.807) is 17.0 Å². The Hall–Kier alpha value is -2.21. The van der Waals surface area contributed by atoms with Crippen LogP contribution in [0.4, 0.5) is 5.82 Å². The smallest absolute Gasteiger partial charge is 0.257 e. The molecule has 6 heteroatoms. The molecule has 0 radical (unpaired) electrons. The SMILES string of the molecule is CCN(C(=S)NC(=O)c1ccccc1)c1cc(C(C)(C)C)[nH]n1. The van der Waals surface area contributed by atoms with Crippen molar-refractivity contribution in [1.82, 2.24) is 15.5 Å². The van der Waals surface area contributed by atoms with Crippen LogP contribution in [0.25, 0.3) is 0 Å². The van der Waals surface area contributed by atoms with Gasteiger partial charge in [0, 0.05) is 29.3 Å². The van der Waals surface area contributed by atoms with E-state index >= 15 is 0 Å². The second-order valence-corrected chi connectivity index (χ2v) is 6.65. The molecule has 2 rings (SSSR count). The summed E-state index contributed by atoms with van der Waals surface area (Å²) in [6, 6.07) is 11.0. The van der Waals surface area contributed by atoms with Crippen LogP contribution in [0, 0.1) is 0 Å². The lowest BCUT2D eigenvalue weighted by Crippen LogP contribution is -2.43. The monoisotopic (exact) mass is 330 g/mol. The number of aromatic amines is 1. The zero-order valence-corrected chi connectivity index (χ0v) is 14.7. The second-order valence-electron chi connectivity index (χ2n) is 6.26. The zero-order valence-electron chi connectivity index (χ0n) is 13.9. The van der Waals surface area contributed by atoms with Crippen LogP contribution in [0.15, 0.2) is 36.4 Å². The van der Waals surface area contributed by atoms with Crippen LogP contribution >= 0.6 is 12.2 Å². The minimum absolute atomic E-state index is 0.0282. The predicted molar refractivity (Wildman–Crippen MR) is 96.8 cm³/mol. The highest BCUT2D eigenvalue weighted by molar-refractivity contribution is 7.80. The molecule has 1 aromatic heterocycles. The molecule has 0 fully saturated rings. The van der Waals surface area contributed by atoms with Gasteiger partial charge in [0.1, 0.15) is 0 Å². The number of carbonyl (C=O) groups is 1. The standard InChI is InChI=1S/C17H22N4OS/c1-5-21(14-11-13(19-20-14)17(2,3)4)16(23)18-15(22)12-9-7-6-8-10-12/h6-11H,5H2,1-4H3,(H,19,20)(H,18,22,23). The van der Waals surface area contributed by atoms with E-state index in [9.17, 15) is 4.79 Å². The molecule has 0 saturated heterocycles. The van der Waals surface area contributed by atoms with Gasteiger partial charge in [0.25, 0.3) is 5.91 Å². The summed E-state index contributed by atoms with van der Waals surface area (Å²) in [6.07, 6.45) is 0. The zero-order chi connectivity index (χ0) is 17.0. The molecule has 2 aromatic rings. The first-order valence-corrected chi connectivity index (χ1v) is 7.97. The number of hydrogen-bond donors (Lipinski definition) is 2. The fraction of sp³-hybridized carbons (Fsp3) is 0.353. The summed E-state index contributed by atoms with van der Waals surface area (Å²) in [5.41, 5.74) is 1.56. The Morgan fingerprint density at radius 2 is 1.96 bits per heavy atom. The normalized spacial score (nSPS) is 11.1. The molecule has 0 unspecified atom stereocenters. The van der Waals surface area contributed by atoms with Gasteiger partial charge in [0.2, 0.25) is 0 Å². The van der Waals surface area contributed by atoms with Crippen molar-refractivity contribution in [3.63, 3.8) is 0 Å². The lowest BCUT2D eigenvalue weighted by Gasteiger charge is -2.21. The van der Waals surface area contributed by atoms with E-state index in [-0.39, 0.29) is 11.3 Å². The van der Waals surface area contributed by atoms with E-state index in [4.69, 9.17) is 12.2 Å². The van der Waals surface area contributed by atoms with E-state index in [2.05, 4.69) is 36.3 Å². The van der Waals surface area contributed by atoms with Crippen LogP contribution in [-0.2, 0) is 5.41 Å². The summed E-state index contributed by atoms with van der Waals surface area (Å²) in [6.45, 7) is 8.90. The number of aromatic nitrogens is 2. The number of thiocarbonyl (C=S) groups is 1. The number of amides is 1. The fourth-order valence-corrected chi connectivity index (χ4v) is 2.38. The van der Waals surface area contributed by atoms with Gasteiger partial charge in [0.05, 0.1) is 0 Å². The van der Waals surface area contributed by atoms with Gasteiger partial charge in [0.15, 0.2) is 10.9 Å². The third-order valence-electron chi connectivity index (χ3n) is 3.47. The van der Waals surface area contributed by atoms with E-state index < -0.39 is 0 Å². The summed E-state index contributed by atoms with van der Waals surface area (Å²) in [5.74, 6) is 0.483. The number of hydrogen-bond acceptors (Lipinski definition) is 3. The van der Waals surface area contributed by atoms with Crippen LogP contribution in [-0.4, -0.2) is 27.8 Å². The fourth-order valence-electron chi connectivity index (χ4n) is 2.07. The van der Waals surface area contributed by atoms with Gasteiger partial charge in [-0.25, -0.2) is 0 Å². The number of nitrogens with one attached hydrogen (secondary N) is 2. The summed E-state index contributed by atoms with van der Waals surface area (Å²) in [7, 11) is 0. The van der Waals surface area contributed by atoms with Crippen molar-refractivity contribution in [3.8, 4) is 0 Å². The number of nitrogens with zero attached hydrogens (tertiary/aromatic N) is 2. The lowest BCUT2D eigenvalue weighted by atomic mass is 9.92. The van der Waals surface area contributed by atoms with E-state index in [1.165, 1.54) is 0 Å². The number of carbonyl (C=O) groups excluding carboxylic acids is 1.